The lowest BCUT2D eigenvalue weighted by molar-refractivity contribution is -0.137. The Morgan fingerprint density at radius 2 is 2.04 bits per heavy atom. The lowest BCUT2D eigenvalue weighted by atomic mass is 10.2. The van der Waals surface area contributed by atoms with Crippen molar-refractivity contribution in [2.45, 2.75) is 25.0 Å². The van der Waals surface area contributed by atoms with Crippen molar-refractivity contribution in [1.82, 2.24) is 9.97 Å². The number of alkyl halides is 3. The van der Waals surface area contributed by atoms with Gasteiger partial charge < -0.3 is 5.32 Å². The minimum atomic E-state index is -4.59. The Bertz CT molecular complexity index is 1020. The molecule has 0 bridgehead atoms. The minimum Gasteiger partial charge on any atom is -0.325 e. The molecule has 3 aromatic rings. The number of aromatic nitrogens is 2. The number of carbonyl (C=O) groups is 1. The summed E-state index contributed by atoms with van der Waals surface area (Å²) < 4.78 is 38.7. The van der Waals surface area contributed by atoms with Gasteiger partial charge in [0.25, 0.3) is 0 Å². The van der Waals surface area contributed by atoms with Crippen LogP contribution in [-0.4, -0.2) is 21.6 Å². The van der Waals surface area contributed by atoms with Crippen LogP contribution in [0.3, 0.4) is 0 Å². The van der Waals surface area contributed by atoms with Crippen LogP contribution in [0.4, 0.5) is 18.9 Å². The SMILES string of the molecule is Cc1sc2ncnc(SCC(=O)Nc3ccc(Cl)c(C(F)(F)F)c3)c2c1C. The summed E-state index contributed by atoms with van der Waals surface area (Å²) in [6, 6.07) is 3.26. The van der Waals surface area contributed by atoms with Crippen LogP contribution < -0.4 is 5.32 Å². The molecule has 1 aromatic carbocycles. The number of fused-ring (bicyclic) bond motifs is 1. The van der Waals surface area contributed by atoms with Gasteiger partial charge in [0, 0.05) is 16.0 Å². The average Bonchev–Trinajstić information content (AvgIpc) is 2.89. The third kappa shape index (κ3) is 4.36. The maximum Gasteiger partial charge on any atom is 0.417 e. The van der Waals surface area contributed by atoms with Crippen molar-refractivity contribution in [1.29, 1.82) is 0 Å². The zero-order valence-corrected chi connectivity index (χ0v) is 16.5. The molecule has 0 aliphatic heterocycles. The molecule has 0 saturated heterocycles. The highest BCUT2D eigenvalue weighted by Gasteiger charge is 2.33. The Morgan fingerprint density at radius 3 is 2.74 bits per heavy atom. The monoisotopic (exact) mass is 431 g/mol. The Kier molecular flexibility index (Phi) is 5.64. The Labute approximate surface area is 166 Å². The van der Waals surface area contributed by atoms with Gasteiger partial charge >= 0.3 is 6.18 Å². The van der Waals surface area contributed by atoms with Gasteiger partial charge in [-0.15, -0.1) is 11.3 Å². The molecule has 0 radical (unpaired) electrons. The second-order valence-electron chi connectivity index (χ2n) is 5.67. The molecule has 0 unspecified atom stereocenters. The molecule has 1 N–H and O–H groups in total. The smallest absolute Gasteiger partial charge is 0.325 e. The molecule has 0 spiro atoms. The number of nitrogens with one attached hydrogen (secondary N) is 1. The summed E-state index contributed by atoms with van der Waals surface area (Å²) in [4.78, 5) is 22.6. The predicted octanol–water partition coefficient (Wildman–Crippen LogP) is 5.71. The van der Waals surface area contributed by atoms with E-state index in [4.69, 9.17) is 11.6 Å². The number of hydrogen-bond acceptors (Lipinski definition) is 5. The van der Waals surface area contributed by atoms with Gasteiger partial charge in [0.1, 0.15) is 16.2 Å². The molecule has 27 heavy (non-hydrogen) atoms. The highest BCUT2D eigenvalue weighted by Crippen LogP contribution is 2.37. The minimum absolute atomic E-state index is 0.00439. The lowest BCUT2D eigenvalue weighted by Crippen LogP contribution is -2.15. The fourth-order valence-electron chi connectivity index (χ4n) is 2.41. The molecule has 1 amide bonds. The molecule has 0 saturated carbocycles. The summed E-state index contributed by atoms with van der Waals surface area (Å²) in [7, 11) is 0. The summed E-state index contributed by atoms with van der Waals surface area (Å²) in [6.07, 6.45) is -3.15. The van der Waals surface area contributed by atoms with E-state index in [-0.39, 0.29) is 11.4 Å². The van der Waals surface area contributed by atoms with E-state index in [1.54, 1.807) is 11.3 Å². The number of anilines is 1. The summed E-state index contributed by atoms with van der Waals surface area (Å²) in [6.45, 7) is 3.95. The lowest BCUT2D eigenvalue weighted by Gasteiger charge is -2.11. The summed E-state index contributed by atoms with van der Waals surface area (Å²) >= 11 is 8.34. The fourth-order valence-corrected chi connectivity index (χ4v) is 4.55. The molecular formula is C17H13ClF3N3OS2. The largest absolute Gasteiger partial charge is 0.417 e. The standard InChI is InChI=1S/C17H13ClF3N3OS2/c1-8-9(2)27-16-14(8)15(22-7-23-16)26-6-13(25)24-10-3-4-12(18)11(5-10)17(19,20)21/h3-5,7H,6H2,1-2H3,(H,24,25). The second kappa shape index (κ2) is 7.65. The first-order valence-electron chi connectivity index (χ1n) is 7.67. The van der Waals surface area contributed by atoms with Gasteiger partial charge in [0.05, 0.1) is 16.3 Å². The Morgan fingerprint density at radius 1 is 1.30 bits per heavy atom. The van der Waals surface area contributed by atoms with E-state index in [1.807, 2.05) is 13.8 Å². The van der Waals surface area contributed by atoms with Gasteiger partial charge in [0.2, 0.25) is 5.91 Å². The zero-order valence-electron chi connectivity index (χ0n) is 14.1. The van der Waals surface area contributed by atoms with Crippen LogP contribution in [0.25, 0.3) is 10.2 Å². The van der Waals surface area contributed by atoms with Gasteiger partial charge in [-0.1, -0.05) is 23.4 Å². The quantitative estimate of drug-likeness (QED) is 0.424. The first-order valence-corrected chi connectivity index (χ1v) is 9.85. The first-order chi connectivity index (χ1) is 12.7. The van der Waals surface area contributed by atoms with Crippen LogP contribution in [0.2, 0.25) is 5.02 Å². The number of rotatable bonds is 4. The van der Waals surface area contributed by atoms with E-state index in [0.717, 1.165) is 32.8 Å². The summed E-state index contributed by atoms with van der Waals surface area (Å²) in [5.74, 6) is -0.434. The van der Waals surface area contributed by atoms with Crippen LogP contribution in [-0.2, 0) is 11.0 Å². The van der Waals surface area contributed by atoms with E-state index in [1.165, 1.54) is 24.2 Å². The Balaban J connectivity index is 1.73. The highest BCUT2D eigenvalue weighted by molar-refractivity contribution is 8.00. The molecule has 3 rings (SSSR count). The molecule has 10 heteroatoms. The third-order valence-electron chi connectivity index (χ3n) is 3.83. The number of carbonyl (C=O) groups excluding carboxylic acids is 1. The number of nitrogens with zero attached hydrogens (tertiary/aromatic N) is 2. The topological polar surface area (TPSA) is 54.9 Å². The van der Waals surface area contributed by atoms with Crippen molar-refractivity contribution >= 4 is 56.5 Å². The fraction of sp³-hybridized carbons (Fsp3) is 0.235. The molecule has 0 fully saturated rings. The number of hydrogen-bond donors (Lipinski definition) is 1. The maximum absolute atomic E-state index is 12.9. The molecule has 142 valence electrons. The predicted molar refractivity (Wildman–Crippen MR) is 103 cm³/mol. The molecule has 4 nitrogen and oxygen atoms in total. The van der Waals surface area contributed by atoms with Crippen molar-refractivity contribution in [3.05, 3.63) is 45.6 Å². The van der Waals surface area contributed by atoms with Crippen LogP contribution in [0.15, 0.2) is 29.6 Å². The molecule has 0 aliphatic carbocycles. The first kappa shape index (κ1) is 19.9. The van der Waals surface area contributed by atoms with E-state index in [0.29, 0.717) is 5.03 Å². The van der Waals surface area contributed by atoms with E-state index < -0.39 is 22.7 Å². The van der Waals surface area contributed by atoms with Crippen LogP contribution in [0.1, 0.15) is 16.0 Å². The summed E-state index contributed by atoms with van der Waals surface area (Å²) in [5.41, 5.74) is 0.107. The van der Waals surface area contributed by atoms with Crippen LogP contribution in [0, 0.1) is 13.8 Å². The van der Waals surface area contributed by atoms with Crippen LogP contribution >= 0.6 is 34.7 Å². The van der Waals surface area contributed by atoms with Crippen molar-refractivity contribution in [3.63, 3.8) is 0 Å². The van der Waals surface area contributed by atoms with E-state index >= 15 is 0 Å². The normalized spacial score (nSPS) is 11.8. The highest BCUT2D eigenvalue weighted by atomic mass is 35.5. The van der Waals surface area contributed by atoms with Crippen molar-refractivity contribution in [2.24, 2.45) is 0 Å². The molecule has 2 heterocycles. The van der Waals surface area contributed by atoms with Gasteiger partial charge in [-0.25, -0.2) is 9.97 Å². The van der Waals surface area contributed by atoms with Gasteiger partial charge in [-0.2, -0.15) is 13.2 Å². The number of amides is 1. The van der Waals surface area contributed by atoms with Gasteiger partial charge in [-0.3, -0.25) is 4.79 Å². The Hall–Kier alpha value is -1.84. The van der Waals surface area contributed by atoms with Gasteiger partial charge in [-0.05, 0) is 37.6 Å². The van der Waals surface area contributed by atoms with Crippen molar-refractivity contribution in [2.75, 3.05) is 11.1 Å². The molecule has 0 atom stereocenters. The number of thioether (sulfide) groups is 1. The number of halogens is 4. The number of benzene rings is 1. The average molecular weight is 432 g/mol. The molecular weight excluding hydrogens is 419 g/mol. The molecule has 0 aliphatic rings. The summed E-state index contributed by atoms with van der Waals surface area (Å²) in [5, 5.41) is 3.62. The van der Waals surface area contributed by atoms with E-state index in [2.05, 4.69) is 15.3 Å². The second-order valence-corrected chi connectivity index (χ2v) is 8.25. The number of aryl methyl sites for hydroxylation is 2. The number of thiophene rings is 1. The van der Waals surface area contributed by atoms with Crippen molar-refractivity contribution < 1.29 is 18.0 Å². The zero-order chi connectivity index (χ0) is 19.8. The molecule has 2 aromatic heterocycles. The maximum atomic E-state index is 12.9. The van der Waals surface area contributed by atoms with Gasteiger partial charge in [0.15, 0.2) is 0 Å². The van der Waals surface area contributed by atoms with Crippen LogP contribution in [0.5, 0.6) is 0 Å². The van der Waals surface area contributed by atoms with Crippen molar-refractivity contribution in [3.8, 4) is 0 Å². The third-order valence-corrected chi connectivity index (χ3v) is 6.26. The van der Waals surface area contributed by atoms with E-state index in [9.17, 15) is 18.0 Å².